The van der Waals surface area contributed by atoms with E-state index in [0.29, 0.717) is 5.69 Å². The summed E-state index contributed by atoms with van der Waals surface area (Å²) in [7, 11) is -3.35. The van der Waals surface area contributed by atoms with Crippen LogP contribution in [0.25, 0.3) is 0 Å². The summed E-state index contributed by atoms with van der Waals surface area (Å²) in [6.07, 6.45) is 3.84. The lowest BCUT2D eigenvalue weighted by atomic mass is 10.2. The van der Waals surface area contributed by atoms with E-state index in [1.54, 1.807) is 24.3 Å². The molecule has 0 atom stereocenters. The smallest absolute Gasteiger partial charge is 0.273 e. The molecule has 22 heavy (non-hydrogen) atoms. The lowest BCUT2D eigenvalue weighted by molar-refractivity contribution is 0.0946. The third-order valence-corrected chi connectivity index (χ3v) is 3.23. The third-order valence-electron chi connectivity index (χ3n) is 2.62. The molecule has 8 nitrogen and oxygen atoms in total. The number of rotatable bonds is 5. The van der Waals surface area contributed by atoms with Crippen LogP contribution in [0.4, 0.5) is 11.5 Å². The Morgan fingerprint density at radius 1 is 1.27 bits per heavy atom. The van der Waals surface area contributed by atoms with E-state index in [9.17, 15) is 13.2 Å². The average Bonchev–Trinajstić information content (AvgIpc) is 2.44. The van der Waals surface area contributed by atoms with Crippen LogP contribution in [0.1, 0.15) is 16.1 Å². The Morgan fingerprint density at radius 2 is 2.00 bits per heavy atom. The number of anilines is 2. The highest BCUT2D eigenvalue weighted by molar-refractivity contribution is 7.92. The molecule has 1 aromatic heterocycles. The van der Waals surface area contributed by atoms with E-state index in [2.05, 4.69) is 20.0 Å². The average molecular weight is 321 g/mol. The summed E-state index contributed by atoms with van der Waals surface area (Å²) in [5, 5.41) is 2.65. The molecule has 1 amide bonds. The van der Waals surface area contributed by atoms with Gasteiger partial charge in [-0.15, -0.1) is 0 Å². The molecule has 4 N–H and O–H groups in total. The van der Waals surface area contributed by atoms with Gasteiger partial charge in [-0.3, -0.25) is 9.52 Å². The summed E-state index contributed by atoms with van der Waals surface area (Å²) in [4.78, 5) is 19.6. The topological polar surface area (TPSA) is 127 Å². The lowest BCUT2D eigenvalue weighted by Gasteiger charge is -2.08. The monoisotopic (exact) mass is 321 g/mol. The van der Waals surface area contributed by atoms with Gasteiger partial charge in [-0.2, -0.15) is 0 Å². The van der Waals surface area contributed by atoms with Crippen LogP contribution in [0.2, 0.25) is 0 Å². The van der Waals surface area contributed by atoms with Gasteiger partial charge in [0.15, 0.2) is 11.5 Å². The quantitative estimate of drug-likeness (QED) is 0.729. The summed E-state index contributed by atoms with van der Waals surface area (Å²) >= 11 is 0. The molecule has 2 rings (SSSR count). The molecule has 0 saturated heterocycles. The normalized spacial score (nSPS) is 11.0. The number of amides is 1. The Morgan fingerprint density at radius 3 is 2.68 bits per heavy atom. The van der Waals surface area contributed by atoms with Gasteiger partial charge in [0.05, 0.1) is 6.26 Å². The number of carbonyl (C=O) groups excluding carboxylic acids is 1. The Labute approximate surface area is 127 Å². The second-order valence-corrected chi connectivity index (χ2v) is 6.30. The zero-order chi connectivity index (χ0) is 16.2. The predicted molar refractivity (Wildman–Crippen MR) is 82.5 cm³/mol. The molecule has 1 aromatic carbocycles. The van der Waals surface area contributed by atoms with Crippen LogP contribution in [0.3, 0.4) is 0 Å². The van der Waals surface area contributed by atoms with Crippen LogP contribution in [-0.4, -0.2) is 30.5 Å². The number of carbonyl (C=O) groups is 1. The number of sulfonamides is 1. The first-order valence-electron chi connectivity index (χ1n) is 6.26. The summed E-state index contributed by atoms with van der Waals surface area (Å²) in [5.74, 6) is -0.403. The largest absolute Gasteiger partial charge is 0.382 e. The molecular formula is C13H15N5O3S. The Bertz CT molecular complexity index is 792. The number of aromatic nitrogens is 2. The summed E-state index contributed by atoms with van der Waals surface area (Å²) in [5.41, 5.74) is 6.77. The van der Waals surface area contributed by atoms with Gasteiger partial charge < -0.3 is 11.1 Å². The molecule has 0 spiro atoms. The molecule has 0 aliphatic heterocycles. The van der Waals surface area contributed by atoms with Gasteiger partial charge in [-0.05, 0) is 17.7 Å². The highest BCUT2D eigenvalue weighted by atomic mass is 32.2. The molecule has 2 aromatic rings. The standard InChI is InChI=1S/C13H15N5O3S/c1-22(20,21)18-10-4-2-3-9(7-10)8-17-13(19)11-12(14)16-6-5-15-11/h2-7,18H,8H2,1H3,(H2,14,16)(H,17,19). The first-order chi connectivity index (χ1) is 10.3. The molecule has 0 radical (unpaired) electrons. The molecular weight excluding hydrogens is 306 g/mol. The van der Waals surface area contributed by atoms with Crippen molar-refractivity contribution in [1.29, 1.82) is 0 Å². The minimum absolute atomic E-state index is 0.0486. The van der Waals surface area contributed by atoms with Crippen molar-refractivity contribution in [2.24, 2.45) is 0 Å². The van der Waals surface area contributed by atoms with E-state index >= 15 is 0 Å². The van der Waals surface area contributed by atoms with E-state index in [-0.39, 0.29) is 18.1 Å². The third kappa shape index (κ3) is 4.42. The minimum Gasteiger partial charge on any atom is -0.382 e. The molecule has 0 bridgehead atoms. The predicted octanol–water partition coefficient (Wildman–Crippen LogP) is 0.360. The number of nitrogens with one attached hydrogen (secondary N) is 2. The summed E-state index contributed by atoms with van der Waals surface area (Å²) < 4.78 is 24.7. The number of benzene rings is 1. The number of nitrogens with zero attached hydrogens (tertiary/aromatic N) is 2. The molecule has 0 saturated carbocycles. The van der Waals surface area contributed by atoms with Crippen molar-refractivity contribution in [3.05, 3.63) is 47.9 Å². The maximum absolute atomic E-state index is 11.9. The van der Waals surface area contributed by atoms with Crippen molar-refractivity contribution in [3.8, 4) is 0 Å². The van der Waals surface area contributed by atoms with Crippen LogP contribution >= 0.6 is 0 Å². The maximum Gasteiger partial charge on any atom is 0.273 e. The van der Waals surface area contributed by atoms with Crippen molar-refractivity contribution in [2.75, 3.05) is 16.7 Å². The van der Waals surface area contributed by atoms with Crippen molar-refractivity contribution >= 4 is 27.4 Å². The van der Waals surface area contributed by atoms with Crippen LogP contribution in [0.15, 0.2) is 36.7 Å². The minimum atomic E-state index is -3.35. The van der Waals surface area contributed by atoms with Gasteiger partial charge >= 0.3 is 0 Å². The van der Waals surface area contributed by atoms with Crippen LogP contribution in [-0.2, 0) is 16.6 Å². The van der Waals surface area contributed by atoms with Gasteiger partial charge in [-0.1, -0.05) is 12.1 Å². The number of nitrogens with two attached hydrogens (primary N) is 1. The lowest BCUT2D eigenvalue weighted by Crippen LogP contribution is -2.25. The van der Waals surface area contributed by atoms with E-state index in [1.807, 2.05) is 0 Å². The molecule has 1 heterocycles. The van der Waals surface area contributed by atoms with Crippen LogP contribution in [0.5, 0.6) is 0 Å². The van der Waals surface area contributed by atoms with Gasteiger partial charge in [0.1, 0.15) is 0 Å². The highest BCUT2D eigenvalue weighted by Gasteiger charge is 2.11. The summed E-state index contributed by atoms with van der Waals surface area (Å²) in [6, 6.07) is 6.69. The van der Waals surface area contributed by atoms with E-state index in [4.69, 9.17) is 5.73 Å². The SMILES string of the molecule is CS(=O)(=O)Nc1cccc(CNC(=O)c2nccnc2N)c1. The Balaban J connectivity index is 2.04. The first kappa shape index (κ1) is 15.7. The van der Waals surface area contributed by atoms with E-state index in [0.717, 1.165) is 11.8 Å². The fourth-order valence-corrected chi connectivity index (χ4v) is 2.30. The molecule has 9 heteroatoms. The Kier molecular flexibility index (Phi) is 4.56. The van der Waals surface area contributed by atoms with Crippen molar-refractivity contribution in [2.45, 2.75) is 6.54 Å². The number of hydrogen-bond donors (Lipinski definition) is 3. The molecule has 0 fully saturated rings. The summed E-state index contributed by atoms with van der Waals surface area (Å²) in [6.45, 7) is 0.203. The second-order valence-electron chi connectivity index (χ2n) is 4.55. The zero-order valence-corrected chi connectivity index (χ0v) is 12.6. The van der Waals surface area contributed by atoms with Crippen molar-refractivity contribution < 1.29 is 13.2 Å². The number of hydrogen-bond acceptors (Lipinski definition) is 6. The zero-order valence-electron chi connectivity index (χ0n) is 11.8. The van der Waals surface area contributed by atoms with Crippen molar-refractivity contribution in [1.82, 2.24) is 15.3 Å². The molecule has 0 aliphatic carbocycles. The second kappa shape index (κ2) is 6.39. The first-order valence-corrected chi connectivity index (χ1v) is 8.16. The maximum atomic E-state index is 11.9. The molecule has 0 unspecified atom stereocenters. The van der Waals surface area contributed by atoms with Crippen molar-refractivity contribution in [3.63, 3.8) is 0 Å². The van der Waals surface area contributed by atoms with Crippen LogP contribution < -0.4 is 15.8 Å². The van der Waals surface area contributed by atoms with Gasteiger partial charge in [-0.25, -0.2) is 18.4 Å². The van der Waals surface area contributed by atoms with Gasteiger partial charge in [0, 0.05) is 24.6 Å². The highest BCUT2D eigenvalue weighted by Crippen LogP contribution is 2.12. The number of nitrogen functional groups attached to an aromatic ring is 1. The fourth-order valence-electron chi connectivity index (χ4n) is 1.75. The van der Waals surface area contributed by atoms with Gasteiger partial charge in [0.25, 0.3) is 5.91 Å². The molecule has 0 aliphatic rings. The van der Waals surface area contributed by atoms with Gasteiger partial charge in [0.2, 0.25) is 10.0 Å². The Hall–Kier alpha value is -2.68. The van der Waals surface area contributed by atoms with E-state index in [1.165, 1.54) is 12.4 Å². The fraction of sp³-hybridized carbons (Fsp3) is 0.154. The van der Waals surface area contributed by atoms with E-state index < -0.39 is 15.9 Å². The van der Waals surface area contributed by atoms with Crippen LogP contribution in [0, 0.1) is 0 Å². The molecule has 116 valence electrons.